The van der Waals surface area contributed by atoms with Gasteiger partial charge in [-0.25, -0.2) is 0 Å². The highest BCUT2D eigenvalue weighted by molar-refractivity contribution is 5.57. The maximum absolute atomic E-state index is 9.94. The Morgan fingerprint density at radius 2 is 1.74 bits per heavy atom. The molecule has 0 saturated carbocycles. The lowest BCUT2D eigenvalue weighted by Gasteiger charge is -2.11. The van der Waals surface area contributed by atoms with Crippen LogP contribution < -0.4 is 21.7 Å². The molecule has 0 radical (unpaired) electrons. The molecule has 42 heavy (non-hydrogen) atoms. The first-order valence-electron chi connectivity index (χ1n) is 14.4. The maximum atomic E-state index is 9.94. The van der Waals surface area contributed by atoms with Gasteiger partial charge in [0.15, 0.2) is 0 Å². The van der Waals surface area contributed by atoms with Gasteiger partial charge in [0.05, 0.1) is 6.04 Å². The van der Waals surface area contributed by atoms with Gasteiger partial charge in [0.25, 0.3) is 0 Å². The van der Waals surface area contributed by atoms with Crippen LogP contribution in [-0.2, 0) is 16.0 Å². The zero-order valence-corrected chi connectivity index (χ0v) is 27.0. The van der Waals surface area contributed by atoms with Crippen molar-refractivity contribution in [2.75, 3.05) is 53.3 Å². The molecule has 2 atom stereocenters. The summed E-state index contributed by atoms with van der Waals surface area (Å²) >= 11 is 0. The summed E-state index contributed by atoms with van der Waals surface area (Å²) in [5.74, 6) is 0. The van der Waals surface area contributed by atoms with E-state index in [0.717, 1.165) is 70.9 Å². The van der Waals surface area contributed by atoms with Crippen LogP contribution in [0.2, 0.25) is 0 Å². The topological polar surface area (TPSA) is 109 Å². The number of aliphatic hydroxyl groups excluding tert-OH is 1. The third-order valence-corrected chi connectivity index (χ3v) is 5.58. The predicted molar refractivity (Wildman–Crippen MR) is 182 cm³/mol. The summed E-state index contributed by atoms with van der Waals surface area (Å²) in [6.45, 7) is 13.6. The van der Waals surface area contributed by atoms with E-state index in [-0.39, 0.29) is 6.04 Å². The number of nitrogens with one attached hydrogen (secondary N) is 3. The lowest BCUT2D eigenvalue weighted by Crippen LogP contribution is -2.24. The minimum Gasteiger partial charge on any atom is -0.400 e. The summed E-state index contributed by atoms with van der Waals surface area (Å²) in [4.78, 5) is 9.94. The number of ether oxygens (including phenoxy) is 1. The monoisotopic (exact) mass is 582 g/mol. The number of carbonyl (C=O) groups is 1. The number of aliphatic hydroxyl groups is 1. The minimum atomic E-state index is 0.167. The van der Waals surface area contributed by atoms with Crippen LogP contribution in [0.5, 0.6) is 0 Å². The molecule has 236 valence electrons. The van der Waals surface area contributed by atoms with Crippen molar-refractivity contribution in [1.82, 2.24) is 10.6 Å². The Bertz CT molecular complexity index is 915. The van der Waals surface area contributed by atoms with Crippen LogP contribution in [0.1, 0.15) is 43.7 Å². The van der Waals surface area contributed by atoms with Crippen LogP contribution in [0.3, 0.4) is 0 Å². The zero-order valence-electron chi connectivity index (χ0n) is 27.0. The molecule has 0 bridgehead atoms. The smallest absolute Gasteiger partial charge is 0.136 e. The number of rotatable bonds is 10. The van der Waals surface area contributed by atoms with Gasteiger partial charge in [0.2, 0.25) is 0 Å². The standard InChI is InChI=1S/C13H18N2.C7H8.C6H11N.C5H9NO.C3H8O.CH4O/c1-4-5-13(15-3)10-11-6-8-12(14-2)9-7-11;1-7-5-3-2-4-6-7;1-2-3-4-5-6-7;7-4-5-2-1-3-6-5;1-3-4-2;1-2/h5-9,13-15H,1,10H2,2-3H3;2-6H,1H3;3H,1,4-7H2;4-6H,1-3H2;3H2,1-2H3;2H,1H3. The van der Waals surface area contributed by atoms with Gasteiger partial charge in [0.1, 0.15) is 6.29 Å². The number of methoxy groups -OCH3 is 1. The quantitative estimate of drug-likeness (QED) is 0.144. The Kier molecular flexibility index (Phi) is 36.8. The number of aryl methyl sites for hydroxylation is 1. The average Bonchev–Trinajstić information content (AvgIpc) is 3.58. The summed E-state index contributed by atoms with van der Waals surface area (Å²) in [7, 11) is 6.55. The Hall–Kier alpha value is -3.25. The van der Waals surface area contributed by atoms with E-state index < -0.39 is 0 Å². The molecule has 2 aromatic carbocycles. The van der Waals surface area contributed by atoms with E-state index in [1.54, 1.807) is 7.11 Å². The van der Waals surface area contributed by atoms with E-state index >= 15 is 0 Å². The molecule has 6 N–H and O–H groups in total. The van der Waals surface area contributed by atoms with Gasteiger partial charge in [0, 0.05) is 39.6 Å². The van der Waals surface area contributed by atoms with E-state index in [4.69, 9.17) is 10.8 Å². The third kappa shape index (κ3) is 29.7. The van der Waals surface area contributed by atoms with Crippen molar-refractivity contribution in [3.8, 4) is 0 Å². The SMILES string of the molecule is C=C=CC(Cc1ccc(NC)cc1)NC.C=C=CCCCN.CCOC.CO.Cc1ccccc1.O=CC1CCCN1. The van der Waals surface area contributed by atoms with E-state index in [1.165, 1.54) is 11.1 Å². The maximum Gasteiger partial charge on any atom is 0.136 e. The second kappa shape index (κ2) is 35.8. The molecule has 2 aromatic rings. The molecular weight excluding hydrogens is 524 g/mol. The summed E-state index contributed by atoms with van der Waals surface area (Å²) in [5.41, 5.74) is 14.4. The van der Waals surface area contributed by atoms with E-state index in [9.17, 15) is 4.79 Å². The van der Waals surface area contributed by atoms with Crippen molar-refractivity contribution >= 4 is 12.0 Å². The normalized spacial score (nSPS) is 12.8. The number of hydrogen-bond donors (Lipinski definition) is 5. The second-order valence-corrected chi connectivity index (χ2v) is 8.83. The molecule has 3 rings (SSSR count). The number of aldehydes is 1. The zero-order chi connectivity index (χ0) is 32.3. The second-order valence-electron chi connectivity index (χ2n) is 8.83. The van der Waals surface area contributed by atoms with Crippen molar-refractivity contribution < 1.29 is 14.6 Å². The summed E-state index contributed by atoms with van der Waals surface area (Å²) in [6, 6.07) is 19.2. The van der Waals surface area contributed by atoms with E-state index in [1.807, 2.05) is 51.4 Å². The number of allylic oxidation sites excluding steroid dienone is 1. The fraction of sp³-hybridized carbons (Fsp3) is 0.457. The van der Waals surface area contributed by atoms with Gasteiger partial charge in [-0.1, -0.05) is 61.2 Å². The molecule has 0 aromatic heterocycles. The number of benzene rings is 2. The molecule has 7 nitrogen and oxygen atoms in total. The van der Waals surface area contributed by atoms with Gasteiger partial charge in [-0.3, -0.25) is 0 Å². The number of likely N-dealkylation sites (N-methyl/N-ethyl adjacent to an activating group) is 1. The molecule has 1 saturated heterocycles. The Morgan fingerprint density at radius 3 is 2.07 bits per heavy atom. The van der Waals surface area contributed by atoms with Gasteiger partial charge >= 0.3 is 0 Å². The number of nitrogens with two attached hydrogens (primary N) is 1. The lowest BCUT2D eigenvalue weighted by atomic mass is 10.1. The number of anilines is 1. The van der Waals surface area contributed by atoms with Crippen LogP contribution in [0.25, 0.3) is 0 Å². The molecule has 2 unspecified atom stereocenters. The van der Waals surface area contributed by atoms with Crippen LogP contribution >= 0.6 is 0 Å². The first-order valence-corrected chi connectivity index (χ1v) is 14.4. The molecule has 1 aliphatic heterocycles. The molecule has 7 heteroatoms. The summed E-state index contributed by atoms with van der Waals surface area (Å²) in [6.07, 6.45) is 10.0. The highest BCUT2D eigenvalue weighted by Gasteiger charge is 2.10. The molecule has 1 fully saturated rings. The van der Waals surface area contributed by atoms with Gasteiger partial charge in [-0.15, -0.1) is 11.5 Å². The fourth-order valence-electron chi connectivity index (χ4n) is 3.13. The average molecular weight is 583 g/mol. The Labute approximate surface area is 256 Å². The van der Waals surface area contributed by atoms with Crippen molar-refractivity contribution in [3.05, 3.63) is 102 Å². The molecule has 0 amide bonds. The van der Waals surface area contributed by atoms with Crippen LogP contribution in [0, 0.1) is 6.92 Å². The number of carbonyl (C=O) groups excluding carboxylic acids is 1. The molecule has 0 aliphatic carbocycles. The van der Waals surface area contributed by atoms with Gasteiger partial charge in [-0.2, -0.15) is 0 Å². The van der Waals surface area contributed by atoms with E-state index in [2.05, 4.69) is 88.6 Å². The minimum absolute atomic E-state index is 0.167. The Balaban J connectivity index is -0.000000480. The molecular formula is C35H58N4O3. The van der Waals surface area contributed by atoms with Crippen molar-refractivity contribution in [2.24, 2.45) is 5.73 Å². The molecule has 1 heterocycles. The van der Waals surface area contributed by atoms with E-state index in [0.29, 0.717) is 6.04 Å². The Morgan fingerprint density at radius 1 is 1.12 bits per heavy atom. The van der Waals surface area contributed by atoms with Crippen molar-refractivity contribution in [2.45, 2.75) is 58.0 Å². The van der Waals surface area contributed by atoms with Gasteiger partial charge < -0.3 is 36.3 Å². The third-order valence-electron chi connectivity index (χ3n) is 5.58. The van der Waals surface area contributed by atoms with Crippen molar-refractivity contribution in [1.29, 1.82) is 0 Å². The fourth-order valence-corrected chi connectivity index (χ4v) is 3.13. The highest BCUT2D eigenvalue weighted by atomic mass is 16.5. The van der Waals surface area contributed by atoms with Crippen LogP contribution in [0.15, 0.2) is 91.4 Å². The first-order chi connectivity index (χ1) is 20.4. The first kappa shape index (κ1) is 43.2. The number of hydrogen-bond acceptors (Lipinski definition) is 7. The van der Waals surface area contributed by atoms with Crippen molar-refractivity contribution in [3.63, 3.8) is 0 Å². The van der Waals surface area contributed by atoms with Crippen LogP contribution in [0.4, 0.5) is 5.69 Å². The highest BCUT2D eigenvalue weighted by Crippen LogP contribution is 2.10. The largest absolute Gasteiger partial charge is 0.400 e. The lowest BCUT2D eigenvalue weighted by molar-refractivity contribution is -0.109. The number of unbranched alkanes of at least 4 members (excludes halogenated alkanes) is 1. The molecule has 1 aliphatic rings. The predicted octanol–water partition coefficient (Wildman–Crippen LogP) is 5.46. The summed E-state index contributed by atoms with van der Waals surface area (Å²) < 4.78 is 4.54. The molecule has 0 spiro atoms. The van der Waals surface area contributed by atoms with Crippen LogP contribution in [-0.4, -0.2) is 71.5 Å². The summed E-state index contributed by atoms with van der Waals surface area (Å²) in [5, 5.41) is 16.3. The van der Waals surface area contributed by atoms with Gasteiger partial charge in [-0.05, 0) is 95.9 Å².